The van der Waals surface area contributed by atoms with Gasteiger partial charge in [-0.1, -0.05) is 11.8 Å². The van der Waals surface area contributed by atoms with Gasteiger partial charge in [0, 0.05) is 11.1 Å². The first-order valence-corrected chi connectivity index (χ1v) is 5.25. The SMILES string of the molecule is N#Cc1ccc(Sc2ccncn2)c(F)c1. The van der Waals surface area contributed by atoms with Gasteiger partial charge >= 0.3 is 0 Å². The van der Waals surface area contributed by atoms with Crippen LogP contribution < -0.4 is 0 Å². The van der Waals surface area contributed by atoms with Crippen molar-refractivity contribution in [3.8, 4) is 6.07 Å². The lowest BCUT2D eigenvalue weighted by Gasteiger charge is -2.01. The zero-order chi connectivity index (χ0) is 11.4. The molecule has 0 atom stereocenters. The van der Waals surface area contributed by atoms with Crippen molar-refractivity contribution in [2.24, 2.45) is 0 Å². The van der Waals surface area contributed by atoms with E-state index in [1.807, 2.05) is 6.07 Å². The third kappa shape index (κ3) is 2.35. The van der Waals surface area contributed by atoms with Crippen molar-refractivity contribution in [2.45, 2.75) is 9.92 Å². The molecule has 0 radical (unpaired) electrons. The molecule has 0 unspecified atom stereocenters. The van der Waals surface area contributed by atoms with E-state index in [1.165, 1.54) is 24.2 Å². The van der Waals surface area contributed by atoms with Crippen LogP contribution in [0.4, 0.5) is 4.39 Å². The van der Waals surface area contributed by atoms with Crippen LogP contribution in [0, 0.1) is 17.1 Å². The Hall–Kier alpha value is -1.93. The lowest BCUT2D eigenvalue weighted by Crippen LogP contribution is -1.85. The lowest BCUT2D eigenvalue weighted by molar-refractivity contribution is 0.601. The summed E-state index contributed by atoms with van der Waals surface area (Å²) in [6.45, 7) is 0. The number of nitrogens with zero attached hydrogens (tertiary/aromatic N) is 3. The van der Waals surface area contributed by atoms with Crippen molar-refractivity contribution in [1.29, 1.82) is 5.26 Å². The maximum atomic E-state index is 13.5. The summed E-state index contributed by atoms with van der Waals surface area (Å²) >= 11 is 1.20. The van der Waals surface area contributed by atoms with E-state index in [9.17, 15) is 4.39 Å². The molecule has 1 aromatic carbocycles. The molecular weight excluding hydrogens is 225 g/mol. The predicted molar refractivity (Wildman–Crippen MR) is 57.3 cm³/mol. The Labute approximate surface area is 96.0 Å². The minimum absolute atomic E-state index is 0.310. The highest BCUT2D eigenvalue weighted by atomic mass is 32.2. The molecule has 16 heavy (non-hydrogen) atoms. The van der Waals surface area contributed by atoms with Gasteiger partial charge in [-0.2, -0.15) is 5.26 Å². The molecule has 2 rings (SSSR count). The Kier molecular flexibility index (Phi) is 3.13. The van der Waals surface area contributed by atoms with Gasteiger partial charge in [-0.25, -0.2) is 14.4 Å². The highest BCUT2D eigenvalue weighted by Crippen LogP contribution is 2.28. The largest absolute Gasteiger partial charge is 0.245 e. The minimum atomic E-state index is -0.414. The maximum absolute atomic E-state index is 13.5. The fourth-order valence-electron chi connectivity index (χ4n) is 1.10. The Morgan fingerprint density at radius 2 is 2.19 bits per heavy atom. The monoisotopic (exact) mass is 231 g/mol. The van der Waals surface area contributed by atoms with Crippen LogP contribution >= 0.6 is 11.8 Å². The van der Waals surface area contributed by atoms with Crippen LogP contribution in [0.1, 0.15) is 5.56 Å². The molecule has 78 valence electrons. The Morgan fingerprint density at radius 1 is 1.31 bits per heavy atom. The topological polar surface area (TPSA) is 49.6 Å². The van der Waals surface area contributed by atoms with Gasteiger partial charge in [0.1, 0.15) is 17.2 Å². The third-order valence-electron chi connectivity index (χ3n) is 1.83. The summed E-state index contributed by atoms with van der Waals surface area (Å²) in [6, 6.07) is 7.94. The van der Waals surface area contributed by atoms with Gasteiger partial charge in [-0.3, -0.25) is 0 Å². The van der Waals surface area contributed by atoms with Crippen molar-refractivity contribution >= 4 is 11.8 Å². The van der Waals surface area contributed by atoms with E-state index in [0.29, 0.717) is 15.5 Å². The average molecular weight is 231 g/mol. The molecule has 5 heteroatoms. The van der Waals surface area contributed by atoms with Gasteiger partial charge < -0.3 is 0 Å². The van der Waals surface area contributed by atoms with E-state index in [-0.39, 0.29) is 0 Å². The summed E-state index contributed by atoms with van der Waals surface area (Å²) in [5, 5.41) is 9.26. The second kappa shape index (κ2) is 4.73. The van der Waals surface area contributed by atoms with Crippen molar-refractivity contribution in [1.82, 2.24) is 9.97 Å². The molecule has 0 aliphatic heterocycles. The van der Waals surface area contributed by atoms with Crippen molar-refractivity contribution < 1.29 is 4.39 Å². The molecule has 0 aliphatic carbocycles. The number of rotatable bonds is 2. The number of aromatic nitrogens is 2. The molecule has 0 amide bonds. The summed E-state index contributed by atoms with van der Waals surface area (Å²) in [6.07, 6.45) is 3.00. The van der Waals surface area contributed by atoms with E-state index < -0.39 is 5.82 Å². The molecule has 0 spiro atoms. The normalized spacial score (nSPS) is 9.75. The molecule has 0 saturated carbocycles. The summed E-state index contributed by atoms with van der Waals surface area (Å²) in [7, 11) is 0. The zero-order valence-electron chi connectivity index (χ0n) is 8.09. The van der Waals surface area contributed by atoms with Gasteiger partial charge in [0.2, 0.25) is 0 Å². The standard InChI is InChI=1S/C11H6FN3S/c12-9-5-8(6-13)1-2-10(9)16-11-3-4-14-7-15-11/h1-5,7H. The van der Waals surface area contributed by atoms with E-state index >= 15 is 0 Å². The Balaban J connectivity index is 2.27. The fourth-order valence-corrected chi connectivity index (χ4v) is 1.85. The van der Waals surface area contributed by atoms with E-state index in [1.54, 1.807) is 24.4 Å². The first-order chi connectivity index (χ1) is 7.79. The Bertz CT molecular complexity index is 537. The smallest absolute Gasteiger partial charge is 0.138 e. The number of hydrogen-bond acceptors (Lipinski definition) is 4. The average Bonchev–Trinajstić information content (AvgIpc) is 2.33. The lowest BCUT2D eigenvalue weighted by atomic mass is 10.2. The second-order valence-corrected chi connectivity index (χ2v) is 3.97. The summed E-state index contributed by atoms with van der Waals surface area (Å²) in [5.41, 5.74) is 0.310. The van der Waals surface area contributed by atoms with Crippen LogP contribution in [0.15, 0.2) is 46.7 Å². The first kappa shape index (κ1) is 10.6. The van der Waals surface area contributed by atoms with Crippen LogP contribution in [-0.4, -0.2) is 9.97 Å². The molecule has 1 aromatic heterocycles. The van der Waals surface area contributed by atoms with E-state index in [0.717, 1.165) is 0 Å². The molecule has 0 fully saturated rings. The van der Waals surface area contributed by atoms with E-state index in [4.69, 9.17) is 5.26 Å². The number of nitriles is 1. The van der Waals surface area contributed by atoms with Crippen molar-refractivity contribution in [3.05, 3.63) is 48.2 Å². The molecule has 2 aromatic rings. The zero-order valence-corrected chi connectivity index (χ0v) is 8.91. The first-order valence-electron chi connectivity index (χ1n) is 4.43. The molecule has 0 bridgehead atoms. The van der Waals surface area contributed by atoms with Crippen LogP contribution in [0.5, 0.6) is 0 Å². The molecule has 0 aliphatic rings. The van der Waals surface area contributed by atoms with Gasteiger partial charge in [0.25, 0.3) is 0 Å². The summed E-state index contributed by atoms with van der Waals surface area (Å²) in [4.78, 5) is 8.20. The third-order valence-corrected chi connectivity index (χ3v) is 2.83. The Morgan fingerprint density at radius 3 is 2.81 bits per heavy atom. The summed E-state index contributed by atoms with van der Waals surface area (Å²) in [5.74, 6) is -0.414. The van der Waals surface area contributed by atoms with Crippen molar-refractivity contribution in [3.63, 3.8) is 0 Å². The van der Waals surface area contributed by atoms with E-state index in [2.05, 4.69) is 9.97 Å². The predicted octanol–water partition coefficient (Wildman–Crippen LogP) is 2.64. The highest BCUT2D eigenvalue weighted by molar-refractivity contribution is 7.99. The van der Waals surface area contributed by atoms with Crippen LogP contribution in [0.2, 0.25) is 0 Å². The van der Waals surface area contributed by atoms with Gasteiger partial charge in [-0.05, 0) is 24.3 Å². The maximum Gasteiger partial charge on any atom is 0.138 e. The number of benzene rings is 1. The van der Waals surface area contributed by atoms with Crippen LogP contribution in [-0.2, 0) is 0 Å². The fraction of sp³-hybridized carbons (Fsp3) is 0. The molecule has 1 heterocycles. The van der Waals surface area contributed by atoms with Crippen molar-refractivity contribution in [2.75, 3.05) is 0 Å². The second-order valence-electron chi connectivity index (χ2n) is 2.91. The van der Waals surface area contributed by atoms with Gasteiger partial charge in [-0.15, -0.1) is 0 Å². The van der Waals surface area contributed by atoms with Crippen LogP contribution in [0.3, 0.4) is 0 Å². The highest BCUT2D eigenvalue weighted by Gasteiger charge is 2.05. The van der Waals surface area contributed by atoms with Gasteiger partial charge in [0.15, 0.2) is 0 Å². The molecule has 0 saturated heterocycles. The number of hydrogen-bond donors (Lipinski definition) is 0. The quantitative estimate of drug-likeness (QED) is 0.745. The minimum Gasteiger partial charge on any atom is -0.245 e. The molecule has 3 nitrogen and oxygen atoms in total. The van der Waals surface area contributed by atoms with Crippen LogP contribution in [0.25, 0.3) is 0 Å². The summed E-state index contributed by atoms with van der Waals surface area (Å²) < 4.78 is 13.5. The van der Waals surface area contributed by atoms with Gasteiger partial charge in [0.05, 0.1) is 11.6 Å². The number of halogens is 1. The molecular formula is C11H6FN3S. The molecule has 0 N–H and O–H groups in total.